The first-order valence-electron chi connectivity index (χ1n) is 6.32. The average molecular weight is 304 g/mol. The average Bonchev–Trinajstić information content (AvgIpc) is 2.44. The van der Waals surface area contributed by atoms with Crippen LogP contribution < -0.4 is 4.74 Å². The number of aromatic hydroxyl groups is 3. The van der Waals surface area contributed by atoms with E-state index in [2.05, 4.69) is 0 Å². The highest BCUT2D eigenvalue weighted by atomic mass is 16.6. The van der Waals surface area contributed by atoms with E-state index in [0.717, 1.165) is 12.1 Å². The molecule has 7 heteroatoms. The molecule has 1 unspecified atom stereocenters. The van der Waals surface area contributed by atoms with Crippen molar-refractivity contribution in [2.24, 2.45) is 0 Å². The number of benzene rings is 2. The molecule has 0 amide bonds. The highest BCUT2D eigenvalue weighted by molar-refractivity contribution is 5.94. The van der Waals surface area contributed by atoms with E-state index in [9.17, 15) is 30.3 Å². The molecule has 0 spiro atoms. The van der Waals surface area contributed by atoms with E-state index < -0.39 is 23.4 Å². The lowest BCUT2D eigenvalue weighted by atomic mass is 9.90. The molecule has 5 N–H and O–H groups in total. The lowest BCUT2D eigenvalue weighted by molar-refractivity contribution is -0.191. The highest BCUT2D eigenvalue weighted by Gasteiger charge is 2.50. The molecule has 1 heterocycles. The van der Waals surface area contributed by atoms with E-state index in [1.165, 1.54) is 24.3 Å². The second kappa shape index (κ2) is 4.62. The van der Waals surface area contributed by atoms with Crippen molar-refractivity contribution in [1.82, 2.24) is 0 Å². The Hall–Kier alpha value is -2.77. The van der Waals surface area contributed by atoms with Gasteiger partial charge < -0.3 is 30.3 Å². The number of aliphatic hydroxyl groups is 2. The van der Waals surface area contributed by atoms with Crippen molar-refractivity contribution in [2.45, 2.75) is 11.9 Å². The SMILES string of the molecule is O=C1C(O)c2c(O)cc(O)cc2O[C@]1(O)c1ccc(O)cc1. The summed E-state index contributed by atoms with van der Waals surface area (Å²) in [7, 11) is 0. The number of Topliss-reactive ketones (excluding diaryl/α,β-unsaturated/α-hetero) is 1. The second-order valence-corrected chi connectivity index (χ2v) is 4.94. The molecule has 0 saturated carbocycles. The van der Waals surface area contributed by atoms with Crippen LogP contribution >= 0.6 is 0 Å². The Balaban J connectivity index is 2.16. The Labute approximate surface area is 124 Å². The number of ether oxygens (including phenoxy) is 1. The van der Waals surface area contributed by atoms with E-state index >= 15 is 0 Å². The summed E-state index contributed by atoms with van der Waals surface area (Å²) in [6.07, 6.45) is -1.83. The van der Waals surface area contributed by atoms with Gasteiger partial charge in [0.2, 0.25) is 5.78 Å². The van der Waals surface area contributed by atoms with E-state index in [1.807, 2.05) is 0 Å². The first kappa shape index (κ1) is 14.2. The molecule has 1 aliphatic rings. The lowest BCUT2D eigenvalue weighted by Gasteiger charge is -2.35. The molecule has 2 aromatic rings. The highest BCUT2D eigenvalue weighted by Crippen LogP contribution is 2.46. The molecule has 1 aliphatic heterocycles. The van der Waals surface area contributed by atoms with Gasteiger partial charge >= 0.3 is 0 Å². The number of carbonyl (C=O) groups excluding carboxylic acids is 1. The third-order valence-corrected chi connectivity index (χ3v) is 3.48. The molecule has 0 aromatic heterocycles. The summed E-state index contributed by atoms with van der Waals surface area (Å²) in [5, 5.41) is 49.1. The molecule has 2 aromatic carbocycles. The minimum atomic E-state index is -2.50. The Morgan fingerprint density at radius 3 is 2.27 bits per heavy atom. The van der Waals surface area contributed by atoms with Gasteiger partial charge in [0.1, 0.15) is 23.0 Å². The molecular weight excluding hydrogens is 292 g/mol. The van der Waals surface area contributed by atoms with Crippen molar-refractivity contribution in [2.75, 3.05) is 0 Å². The number of fused-ring (bicyclic) bond motifs is 1. The molecule has 7 nitrogen and oxygen atoms in total. The first-order chi connectivity index (χ1) is 10.3. The van der Waals surface area contributed by atoms with E-state index in [-0.39, 0.29) is 28.4 Å². The van der Waals surface area contributed by atoms with Gasteiger partial charge in [0.05, 0.1) is 5.56 Å². The van der Waals surface area contributed by atoms with Gasteiger partial charge in [-0.1, -0.05) is 0 Å². The molecular formula is C15H12O7. The summed E-state index contributed by atoms with van der Waals surface area (Å²) in [4.78, 5) is 12.3. The number of hydrogen-bond donors (Lipinski definition) is 5. The van der Waals surface area contributed by atoms with Crippen LogP contribution in [0.5, 0.6) is 23.0 Å². The second-order valence-electron chi connectivity index (χ2n) is 4.94. The number of ketones is 1. The fourth-order valence-corrected chi connectivity index (χ4v) is 2.37. The maximum atomic E-state index is 12.3. The van der Waals surface area contributed by atoms with Crippen molar-refractivity contribution >= 4 is 5.78 Å². The van der Waals surface area contributed by atoms with Crippen LogP contribution in [0.1, 0.15) is 17.2 Å². The number of phenols is 3. The topological polar surface area (TPSA) is 127 Å². The van der Waals surface area contributed by atoms with Crippen LogP contribution in [0.2, 0.25) is 0 Å². The molecule has 114 valence electrons. The minimum absolute atomic E-state index is 0.0113. The summed E-state index contributed by atoms with van der Waals surface area (Å²) in [5.41, 5.74) is -0.242. The van der Waals surface area contributed by atoms with Crippen LogP contribution in [0.4, 0.5) is 0 Å². The van der Waals surface area contributed by atoms with Gasteiger partial charge in [-0.25, -0.2) is 0 Å². The Kier molecular flexibility index (Phi) is 2.98. The van der Waals surface area contributed by atoms with Crippen LogP contribution in [0.3, 0.4) is 0 Å². The molecule has 0 aliphatic carbocycles. The maximum Gasteiger partial charge on any atom is 0.298 e. The maximum absolute atomic E-state index is 12.3. The molecule has 3 rings (SSSR count). The zero-order valence-electron chi connectivity index (χ0n) is 11.1. The zero-order valence-corrected chi connectivity index (χ0v) is 11.1. The fourth-order valence-electron chi connectivity index (χ4n) is 2.37. The van der Waals surface area contributed by atoms with Gasteiger partial charge in [0.25, 0.3) is 5.79 Å². The van der Waals surface area contributed by atoms with Crippen molar-refractivity contribution < 1.29 is 35.1 Å². The Morgan fingerprint density at radius 2 is 1.64 bits per heavy atom. The van der Waals surface area contributed by atoms with Gasteiger partial charge in [-0.05, 0) is 24.3 Å². The summed E-state index contributed by atoms with van der Waals surface area (Å²) < 4.78 is 5.23. The monoisotopic (exact) mass is 304 g/mol. The predicted molar refractivity (Wildman–Crippen MR) is 72.4 cm³/mol. The smallest absolute Gasteiger partial charge is 0.298 e. The van der Waals surface area contributed by atoms with Crippen molar-refractivity contribution in [3.63, 3.8) is 0 Å². The molecule has 2 atom stereocenters. The lowest BCUT2D eigenvalue weighted by Crippen LogP contribution is -2.47. The summed E-state index contributed by atoms with van der Waals surface area (Å²) in [6, 6.07) is 7.01. The number of aliphatic hydroxyl groups excluding tert-OH is 1. The minimum Gasteiger partial charge on any atom is -0.508 e. The largest absolute Gasteiger partial charge is 0.508 e. The summed E-state index contributed by atoms with van der Waals surface area (Å²) in [5.74, 6) is -4.77. The first-order valence-corrected chi connectivity index (χ1v) is 6.32. The van der Waals surface area contributed by atoms with Gasteiger partial charge in [-0.3, -0.25) is 4.79 Å². The number of rotatable bonds is 1. The van der Waals surface area contributed by atoms with Gasteiger partial charge in [0.15, 0.2) is 6.10 Å². The number of carbonyl (C=O) groups is 1. The molecule has 0 radical (unpaired) electrons. The van der Waals surface area contributed by atoms with Crippen LogP contribution in [0.25, 0.3) is 0 Å². The Morgan fingerprint density at radius 1 is 1.00 bits per heavy atom. The molecule has 22 heavy (non-hydrogen) atoms. The van der Waals surface area contributed by atoms with Gasteiger partial charge in [-0.2, -0.15) is 0 Å². The van der Waals surface area contributed by atoms with Crippen LogP contribution in [0, 0.1) is 0 Å². The Bertz CT molecular complexity index is 753. The quantitative estimate of drug-likeness (QED) is 0.523. The van der Waals surface area contributed by atoms with Gasteiger partial charge in [0, 0.05) is 17.7 Å². The normalized spacial score (nSPS) is 23.7. The van der Waals surface area contributed by atoms with E-state index in [4.69, 9.17) is 4.74 Å². The number of phenolic OH excluding ortho intramolecular Hbond substituents is 3. The molecule has 0 bridgehead atoms. The van der Waals surface area contributed by atoms with Crippen molar-refractivity contribution in [3.8, 4) is 23.0 Å². The number of hydrogen-bond acceptors (Lipinski definition) is 7. The summed E-state index contributed by atoms with van der Waals surface area (Å²) >= 11 is 0. The van der Waals surface area contributed by atoms with E-state index in [0.29, 0.717) is 0 Å². The third kappa shape index (κ3) is 1.95. The van der Waals surface area contributed by atoms with Crippen molar-refractivity contribution in [3.05, 3.63) is 47.5 Å². The molecule has 0 saturated heterocycles. The van der Waals surface area contributed by atoms with Gasteiger partial charge in [-0.15, -0.1) is 0 Å². The van der Waals surface area contributed by atoms with Crippen molar-refractivity contribution in [1.29, 1.82) is 0 Å². The van der Waals surface area contributed by atoms with Crippen LogP contribution in [0.15, 0.2) is 36.4 Å². The van der Waals surface area contributed by atoms with Crippen LogP contribution in [-0.2, 0) is 10.6 Å². The standard InChI is InChI=1S/C15H12O7/c16-8-3-1-7(2-4-8)15(21)14(20)13(19)12-10(18)5-9(17)6-11(12)22-15/h1-6,13,16-19,21H/t13?,15-/m1/s1. The van der Waals surface area contributed by atoms with E-state index in [1.54, 1.807) is 0 Å². The molecule has 0 fully saturated rings. The third-order valence-electron chi connectivity index (χ3n) is 3.48. The summed E-state index contributed by atoms with van der Waals surface area (Å²) in [6.45, 7) is 0. The predicted octanol–water partition coefficient (Wildman–Crippen LogP) is 0.644. The fraction of sp³-hybridized carbons (Fsp3) is 0.133. The van der Waals surface area contributed by atoms with Crippen LogP contribution in [-0.4, -0.2) is 31.3 Å². The zero-order chi connectivity index (χ0) is 16.1.